The summed E-state index contributed by atoms with van der Waals surface area (Å²) >= 11 is 1.31. The number of benzene rings is 2. The molecule has 1 unspecified atom stereocenters. The maximum absolute atomic E-state index is 12.8. The minimum Gasteiger partial charge on any atom is -1.00 e. The lowest BCUT2D eigenvalue weighted by Crippen LogP contribution is -3.00. The molecule has 0 N–H and O–H groups in total. The maximum Gasteiger partial charge on any atom is 0.262 e. The Morgan fingerprint density at radius 1 is 1.14 bits per heavy atom. The molecule has 0 fully saturated rings. The summed E-state index contributed by atoms with van der Waals surface area (Å²) in [5.74, 6) is 0.735. The van der Waals surface area contributed by atoms with Crippen LogP contribution in [0.5, 0.6) is 5.75 Å². The van der Waals surface area contributed by atoms with Crippen molar-refractivity contribution in [1.82, 2.24) is 9.55 Å². The van der Waals surface area contributed by atoms with Crippen molar-refractivity contribution in [2.45, 2.75) is 37.7 Å². The standard InChI is InChI=1S/C21H22N2O3S.BrH/c1-4-23-20(25)17-8-6-7-9-18(17)22-21(23)27-14(3)19(24)15-10-12-16(13-11-15)26-5-2;/h6-14H,4-5H2,1-3H3;1H/p-1. The van der Waals surface area contributed by atoms with Gasteiger partial charge in [-0.25, -0.2) is 4.98 Å². The molecule has 0 bridgehead atoms. The van der Waals surface area contributed by atoms with E-state index in [9.17, 15) is 9.59 Å². The molecule has 0 radical (unpaired) electrons. The quantitative estimate of drug-likeness (QED) is 0.300. The van der Waals surface area contributed by atoms with Crippen molar-refractivity contribution in [3.8, 4) is 5.75 Å². The van der Waals surface area contributed by atoms with E-state index >= 15 is 0 Å². The summed E-state index contributed by atoms with van der Waals surface area (Å²) in [6.45, 7) is 6.75. The van der Waals surface area contributed by atoms with Crippen LogP contribution in [0.3, 0.4) is 0 Å². The largest absolute Gasteiger partial charge is 1.00 e. The van der Waals surface area contributed by atoms with E-state index < -0.39 is 0 Å². The van der Waals surface area contributed by atoms with E-state index in [4.69, 9.17) is 4.74 Å². The predicted molar refractivity (Wildman–Crippen MR) is 109 cm³/mol. The monoisotopic (exact) mass is 461 g/mol. The van der Waals surface area contributed by atoms with Crippen molar-refractivity contribution in [2.24, 2.45) is 0 Å². The van der Waals surface area contributed by atoms with Gasteiger partial charge in [-0.1, -0.05) is 23.9 Å². The summed E-state index contributed by atoms with van der Waals surface area (Å²) in [7, 11) is 0. The van der Waals surface area contributed by atoms with Crippen LogP contribution in [0.4, 0.5) is 0 Å². The summed E-state index contributed by atoms with van der Waals surface area (Å²) < 4.78 is 7.04. The Bertz CT molecular complexity index is 1020. The third-order valence-corrected chi connectivity index (χ3v) is 5.33. The number of halogens is 1. The third kappa shape index (κ3) is 4.64. The Balaban J connectivity index is 0.00000280. The molecule has 0 saturated heterocycles. The molecule has 2 aromatic carbocycles. The molecule has 28 heavy (non-hydrogen) atoms. The Morgan fingerprint density at radius 2 is 1.82 bits per heavy atom. The molecule has 148 valence electrons. The number of hydrogen-bond donors (Lipinski definition) is 0. The Kier molecular flexibility index (Phi) is 7.83. The Labute approximate surface area is 178 Å². The summed E-state index contributed by atoms with van der Waals surface area (Å²) in [5, 5.41) is 0.788. The number of aromatic nitrogens is 2. The zero-order valence-electron chi connectivity index (χ0n) is 16.0. The summed E-state index contributed by atoms with van der Waals surface area (Å²) in [6.07, 6.45) is 0. The second-order valence-corrected chi connectivity index (χ2v) is 7.35. The predicted octanol–water partition coefficient (Wildman–Crippen LogP) is 1.18. The molecule has 1 heterocycles. The van der Waals surface area contributed by atoms with Gasteiger partial charge >= 0.3 is 0 Å². The molecule has 1 atom stereocenters. The number of thioether (sulfide) groups is 1. The van der Waals surface area contributed by atoms with Gasteiger partial charge in [0.25, 0.3) is 5.56 Å². The topological polar surface area (TPSA) is 61.2 Å². The second-order valence-electron chi connectivity index (χ2n) is 6.04. The molecule has 1 aromatic heterocycles. The van der Waals surface area contributed by atoms with Crippen molar-refractivity contribution in [3.05, 3.63) is 64.4 Å². The highest BCUT2D eigenvalue weighted by Gasteiger charge is 2.20. The molecule has 3 rings (SSSR count). The summed E-state index contributed by atoms with van der Waals surface area (Å²) in [5.41, 5.74) is 1.19. The number of nitrogens with zero attached hydrogens (tertiary/aromatic N) is 2. The molecule has 0 spiro atoms. The highest BCUT2D eigenvalue weighted by atomic mass is 79.9. The molecule has 0 amide bonds. The van der Waals surface area contributed by atoms with Crippen LogP contribution < -0.4 is 27.3 Å². The third-order valence-electron chi connectivity index (χ3n) is 4.24. The average molecular weight is 462 g/mol. The Morgan fingerprint density at radius 3 is 2.46 bits per heavy atom. The van der Waals surface area contributed by atoms with Crippen LogP contribution in [0.1, 0.15) is 31.1 Å². The first-order valence-corrected chi connectivity index (χ1v) is 9.86. The van der Waals surface area contributed by atoms with Gasteiger partial charge in [0, 0.05) is 12.1 Å². The smallest absolute Gasteiger partial charge is 0.262 e. The number of rotatable bonds is 7. The molecule has 3 aromatic rings. The minimum absolute atomic E-state index is 0. The average Bonchev–Trinajstić information content (AvgIpc) is 2.68. The molecule has 0 aliphatic rings. The van der Waals surface area contributed by atoms with Gasteiger partial charge in [-0.05, 0) is 57.2 Å². The van der Waals surface area contributed by atoms with E-state index in [1.54, 1.807) is 34.9 Å². The van der Waals surface area contributed by atoms with Gasteiger partial charge in [0.1, 0.15) is 5.75 Å². The fourth-order valence-corrected chi connectivity index (χ4v) is 3.89. The first-order valence-electron chi connectivity index (χ1n) is 8.98. The van der Waals surface area contributed by atoms with Crippen LogP contribution >= 0.6 is 11.8 Å². The normalized spacial score (nSPS) is 11.7. The zero-order chi connectivity index (χ0) is 19.4. The van der Waals surface area contributed by atoms with E-state index in [0.29, 0.717) is 34.8 Å². The van der Waals surface area contributed by atoms with Crippen molar-refractivity contribution in [2.75, 3.05) is 6.61 Å². The number of carbonyl (C=O) groups excluding carboxylic acids is 1. The lowest BCUT2D eigenvalue weighted by atomic mass is 10.1. The number of ketones is 1. The number of Topliss-reactive ketones (excluding diaryl/α,β-unsaturated/α-hetero) is 1. The molecule has 0 saturated carbocycles. The van der Waals surface area contributed by atoms with Gasteiger partial charge in [0.2, 0.25) is 0 Å². The van der Waals surface area contributed by atoms with Gasteiger partial charge in [0.15, 0.2) is 10.9 Å². The lowest BCUT2D eigenvalue weighted by molar-refractivity contribution is -0.0000137. The first kappa shape index (κ1) is 22.2. The molecule has 0 aliphatic carbocycles. The van der Waals surface area contributed by atoms with Gasteiger partial charge in [0.05, 0.1) is 22.8 Å². The first-order chi connectivity index (χ1) is 13.0. The van der Waals surface area contributed by atoms with E-state index in [-0.39, 0.29) is 33.6 Å². The summed E-state index contributed by atoms with van der Waals surface area (Å²) in [6, 6.07) is 14.4. The maximum atomic E-state index is 12.8. The number of para-hydroxylation sites is 1. The highest BCUT2D eigenvalue weighted by molar-refractivity contribution is 8.00. The fourth-order valence-electron chi connectivity index (χ4n) is 2.84. The van der Waals surface area contributed by atoms with Crippen LogP contribution in [0.15, 0.2) is 58.5 Å². The number of carbonyl (C=O) groups is 1. The van der Waals surface area contributed by atoms with E-state index in [2.05, 4.69) is 4.98 Å². The molecular formula is C21H22BrN2O3S-. The lowest BCUT2D eigenvalue weighted by Gasteiger charge is -2.15. The second kappa shape index (κ2) is 9.89. The van der Waals surface area contributed by atoms with Gasteiger partial charge in [-0.3, -0.25) is 14.2 Å². The van der Waals surface area contributed by atoms with Crippen molar-refractivity contribution >= 4 is 28.4 Å². The molecule has 5 nitrogen and oxygen atoms in total. The van der Waals surface area contributed by atoms with E-state index in [1.165, 1.54) is 11.8 Å². The highest BCUT2D eigenvalue weighted by Crippen LogP contribution is 2.25. The van der Waals surface area contributed by atoms with E-state index in [1.807, 2.05) is 39.0 Å². The molecular weight excluding hydrogens is 440 g/mol. The van der Waals surface area contributed by atoms with Crippen LogP contribution in [-0.4, -0.2) is 27.2 Å². The van der Waals surface area contributed by atoms with Crippen LogP contribution in [0, 0.1) is 0 Å². The molecule has 0 aliphatic heterocycles. The van der Waals surface area contributed by atoms with Crippen molar-refractivity contribution < 1.29 is 26.5 Å². The van der Waals surface area contributed by atoms with Crippen molar-refractivity contribution in [3.63, 3.8) is 0 Å². The van der Waals surface area contributed by atoms with Gasteiger partial charge < -0.3 is 21.7 Å². The SMILES string of the molecule is CCOc1ccc(C(=O)C(C)Sc2nc3ccccc3c(=O)n2CC)cc1.[Br-]. The number of fused-ring (bicyclic) bond motifs is 1. The van der Waals surface area contributed by atoms with Gasteiger partial charge in [-0.2, -0.15) is 0 Å². The zero-order valence-corrected chi connectivity index (χ0v) is 18.4. The Hall–Kier alpha value is -2.12. The molecule has 7 heteroatoms. The minimum atomic E-state index is -0.367. The number of hydrogen-bond acceptors (Lipinski definition) is 5. The fraction of sp³-hybridized carbons (Fsp3) is 0.286. The van der Waals surface area contributed by atoms with Crippen LogP contribution in [0.2, 0.25) is 0 Å². The van der Waals surface area contributed by atoms with Crippen molar-refractivity contribution in [1.29, 1.82) is 0 Å². The van der Waals surface area contributed by atoms with Gasteiger partial charge in [-0.15, -0.1) is 0 Å². The number of ether oxygens (including phenoxy) is 1. The van der Waals surface area contributed by atoms with Crippen LogP contribution in [0.25, 0.3) is 10.9 Å². The van der Waals surface area contributed by atoms with Crippen LogP contribution in [-0.2, 0) is 6.54 Å². The summed E-state index contributed by atoms with van der Waals surface area (Å²) in [4.78, 5) is 30.1. The van der Waals surface area contributed by atoms with E-state index in [0.717, 1.165) is 5.75 Å².